The fourth-order valence-corrected chi connectivity index (χ4v) is 3.46. The Morgan fingerprint density at radius 1 is 1.14 bits per heavy atom. The van der Waals surface area contributed by atoms with Crippen molar-refractivity contribution in [1.29, 1.82) is 0 Å². The lowest BCUT2D eigenvalue weighted by atomic mass is 9.89. The van der Waals surface area contributed by atoms with Gasteiger partial charge in [-0.2, -0.15) is 0 Å². The number of thiocarbonyl (C=S) groups is 1. The van der Waals surface area contributed by atoms with Gasteiger partial charge >= 0.3 is 0 Å². The second kappa shape index (κ2) is 8.89. The Morgan fingerprint density at radius 3 is 2.57 bits per heavy atom. The van der Waals surface area contributed by atoms with Crippen LogP contribution in [0.15, 0.2) is 59.8 Å². The summed E-state index contributed by atoms with van der Waals surface area (Å²) >= 11 is 5.34. The van der Waals surface area contributed by atoms with E-state index in [9.17, 15) is 4.79 Å². The molecule has 0 radical (unpaired) electrons. The molecule has 0 aliphatic carbocycles. The number of Topliss-reactive ketones (excluding diaryl/α,β-unsaturated/α-hetero) is 1. The van der Waals surface area contributed by atoms with Gasteiger partial charge in [-0.25, -0.2) is 0 Å². The number of methoxy groups -OCH3 is 1. The van der Waals surface area contributed by atoms with Gasteiger partial charge in [0.1, 0.15) is 0 Å². The zero-order chi connectivity index (χ0) is 20.1. The summed E-state index contributed by atoms with van der Waals surface area (Å²) in [6.07, 6.45) is 0.909. The van der Waals surface area contributed by atoms with E-state index in [0.29, 0.717) is 34.4 Å². The molecule has 1 aliphatic heterocycles. The first-order chi connectivity index (χ1) is 13.5. The molecule has 28 heavy (non-hydrogen) atoms. The Morgan fingerprint density at radius 2 is 1.89 bits per heavy atom. The average molecular weight is 397 g/mol. The largest absolute Gasteiger partial charge is 0.493 e. The molecular formula is C22H24N2O3S. The summed E-state index contributed by atoms with van der Waals surface area (Å²) in [5.41, 5.74) is 2.88. The van der Waals surface area contributed by atoms with Crippen molar-refractivity contribution in [3.8, 4) is 11.5 Å². The summed E-state index contributed by atoms with van der Waals surface area (Å²) in [7, 11) is 1.61. The third-order valence-corrected chi connectivity index (χ3v) is 4.75. The smallest absolute Gasteiger partial charge is 0.193 e. The highest BCUT2D eigenvalue weighted by Gasteiger charge is 2.31. The molecule has 0 fully saturated rings. The van der Waals surface area contributed by atoms with Crippen molar-refractivity contribution in [1.82, 2.24) is 10.6 Å². The molecule has 0 unspecified atom stereocenters. The van der Waals surface area contributed by atoms with Gasteiger partial charge in [-0.1, -0.05) is 43.3 Å². The highest BCUT2D eigenvalue weighted by atomic mass is 32.1. The molecule has 1 aliphatic rings. The van der Waals surface area contributed by atoms with E-state index in [1.165, 1.54) is 0 Å². The number of ketones is 1. The number of carbonyl (C=O) groups excluding carboxylic acids is 1. The van der Waals surface area contributed by atoms with Crippen LogP contribution in [0.5, 0.6) is 11.5 Å². The number of nitrogens with one attached hydrogen (secondary N) is 2. The Hall–Kier alpha value is -2.86. The molecule has 0 aromatic heterocycles. The van der Waals surface area contributed by atoms with Crippen molar-refractivity contribution >= 4 is 23.1 Å². The molecule has 146 valence electrons. The van der Waals surface area contributed by atoms with Gasteiger partial charge < -0.3 is 20.1 Å². The molecule has 0 saturated carbocycles. The van der Waals surface area contributed by atoms with Crippen LogP contribution < -0.4 is 20.1 Å². The molecule has 2 aromatic rings. The molecule has 5 nitrogen and oxygen atoms in total. The molecule has 0 amide bonds. The summed E-state index contributed by atoms with van der Waals surface area (Å²) in [6.45, 7) is 4.53. The summed E-state index contributed by atoms with van der Waals surface area (Å²) in [5.74, 6) is 1.26. The number of allylic oxidation sites excluding steroid dienone is 1. The van der Waals surface area contributed by atoms with Crippen LogP contribution in [0, 0.1) is 0 Å². The molecule has 2 N–H and O–H groups in total. The van der Waals surface area contributed by atoms with E-state index < -0.39 is 0 Å². The topological polar surface area (TPSA) is 59.6 Å². The van der Waals surface area contributed by atoms with Gasteiger partial charge in [0, 0.05) is 16.8 Å². The minimum Gasteiger partial charge on any atom is -0.493 e. The molecule has 1 atom stereocenters. The van der Waals surface area contributed by atoms with Crippen LogP contribution in [0.1, 0.15) is 42.2 Å². The van der Waals surface area contributed by atoms with Crippen molar-refractivity contribution in [2.75, 3.05) is 13.7 Å². The van der Waals surface area contributed by atoms with Gasteiger partial charge in [-0.15, -0.1) is 0 Å². The van der Waals surface area contributed by atoms with Crippen molar-refractivity contribution in [3.05, 3.63) is 70.9 Å². The quantitative estimate of drug-likeness (QED) is 0.541. The predicted octanol–water partition coefficient (Wildman–Crippen LogP) is 4.16. The normalized spacial score (nSPS) is 16.2. The highest BCUT2D eigenvalue weighted by molar-refractivity contribution is 7.80. The van der Waals surface area contributed by atoms with E-state index >= 15 is 0 Å². The number of carbonyl (C=O) groups is 1. The fraction of sp³-hybridized carbons (Fsp3) is 0.273. The molecule has 0 bridgehead atoms. The third-order valence-electron chi connectivity index (χ3n) is 4.53. The van der Waals surface area contributed by atoms with Crippen LogP contribution in [-0.2, 0) is 0 Å². The minimum absolute atomic E-state index is 0.0455. The van der Waals surface area contributed by atoms with Gasteiger partial charge in [0.25, 0.3) is 0 Å². The number of hydrogen-bond donors (Lipinski definition) is 2. The van der Waals surface area contributed by atoms with Crippen molar-refractivity contribution in [3.63, 3.8) is 0 Å². The zero-order valence-electron chi connectivity index (χ0n) is 16.2. The van der Waals surface area contributed by atoms with Gasteiger partial charge in [0.2, 0.25) is 0 Å². The zero-order valence-corrected chi connectivity index (χ0v) is 17.1. The van der Waals surface area contributed by atoms with E-state index in [2.05, 4.69) is 17.6 Å². The van der Waals surface area contributed by atoms with Gasteiger partial charge in [0.15, 0.2) is 22.4 Å². The molecule has 1 heterocycles. The first kappa shape index (κ1) is 19.9. The van der Waals surface area contributed by atoms with E-state index in [1.54, 1.807) is 7.11 Å². The lowest BCUT2D eigenvalue weighted by Crippen LogP contribution is -2.44. The SMILES string of the molecule is CCCOc1ccc([C@@H]2NC(=S)NC(C)=C2C(=O)c2ccccc2)cc1OC. The molecule has 3 rings (SSSR count). The van der Waals surface area contributed by atoms with Crippen molar-refractivity contribution < 1.29 is 14.3 Å². The van der Waals surface area contributed by atoms with Crippen molar-refractivity contribution in [2.24, 2.45) is 0 Å². The van der Waals surface area contributed by atoms with Crippen LogP contribution in [-0.4, -0.2) is 24.6 Å². The Balaban J connectivity index is 2.01. The lowest BCUT2D eigenvalue weighted by Gasteiger charge is -2.30. The maximum Gasteiger partial charge on any atom is 0.193 e. The molecule has 2 aromatic carbocycles. The van der Waals surface area contributed by atoms with Crippen LogP contribution in [0.25, 0.3) is 0 Å². The standard InChI is InChI=1S/C22H24N2O3S/c1-4-12-27-17-11-10-16(13-18(17)26-3)20-19(14(2)23-22(28)24-20)21(25)15-8-6-5-7-9-15/h5-11,13,20H,4,12H2,1-3H3,(H2,23,24,28)/t20-/m0/s1. The average Bonchev–Trinajstić information content (AvgIpc) is 2.71. The second-order valence-corrected chi connectivity index (χ2v) is 6.93. The van der Waals surface area contributed by atoms with Crippen LogP contribution in [0.4, 0.5) is 0 Å². The maximum atomic E-state index is 13.2. The summed E-state index contributed by atoms with van der Waals surface area (Å²) < 4.78 is 11.2. The number of benzene rings is 2. The third kappa shape index (κ3) is 4.17. The Bertz CT molecular complexity index is 909. The first-order valence-corrected chi connectivity index (χ1v) is 9.64. The molecule has 0 saturated heterocycles. The summed E-state index contributed by atoms with van der Waals surface area (Å²) in [6, 6.07) is 14.6. The molecule has 6 heteroatoms. The monoisotopic (exact) mass is 396 g/mol. The minimum atomic E-state index is -0.379. The highest BCUT2D eigenvalue weighted by Crippen LogP contribution is 2.35. The van der Waals surface area contributed by atoms with Crippen molar-refractivity contribution in [2.45, 2.75) is 26.3 Å². The predicted molar refractivity (Wildman–Crippen MR) is 114 cm³/mol. The second-order valence-electron chi connectivity index (χ2n) is 6.52. The molecule has 0 spiro atoms. The number of hydrogen-bond acceptors (Lipinski definition) is 4. The van der Waals surface area contributed by atoms with Crippen LogP contribution >= 0.6 is 12.2 Å². The number of rotatable bonds is 7. The van der Waals surface area contributed by atoms with E-state index in [1.807, 2.05) is 55.5 Å². The van der Waals surface area contributed by atoms with E-state index in [4.69, 9.17) is 21.7 Å². The van der Waals surface area contributed by atoms with E-state index in [0.717, 1.165) is 17.7 Å². The van der Waals surface area contributed by atoms with E-state index in [-0.39, 0.29) is 11.8 Å². The Labute approximate surface area is 170 Å². The number of ether oxygens (including phenoxy) is 2. The molecular weight excluding hydrogens is 372 g/mol. The van der Waals surface area contributed by atoms with Crippen LogP contribution in [0.3, 0.4) is 0 Å². The van der Waals surface area contributed by atoms with Gasteiger partial charge in [0.05, 0.1) is 19.8 Å². The summed E-state index contributed by atoms with van der Waals surface area (Å²) in [5, 5.41) is 6.78. The van der Waals surface area contributed by atoms with Crippen LogP contribution in [0.2, 0.25) is 0 Å². The maximum absolute atomic E-state index is 13.2. The summed E-state index contributed by atoms with van der Waals surface area (Å²) in [4.78, 5) is 13.2. The Kier molecular flexibility index (Phi) is 6.31. The first-order valence-electron chi connectivity index (χ1n) is 9.24. The fourth-order valence-electron chi connectivity index (χ4n) is 3.18. The van der Waals surface area contributed by atoms with Gasteiger partial charge in [-0.05, 0) is 43.3 Å². The van der Waals surface area contributed by atoms with Gasteiger partial charge in [-0.3, -0.25) is 4.79 Å². The lowest BCUT2D eigenvalue weighted by molar-refractivity contribution is 0.102.